The second-order valence-corrected chi connectivity index (χ2v) is 8.21. The minimum absolute atomic E-state index is 0.705. The van der Waals surface area contributed by atoms with Gasteiger partial charge in [-0.05, 0) is 68.1 Å². The molecular formula is C21H38O. The van der Waals surface area contributed by atoms with Crippen LogP contribution in [-0.4, -0.2) is 6.29 Å². The van der Waals surface area contributed by atoms with Crippen molar-refractivity contribution in [3.8, 4) is 0 Å². The Hall–Kier alpha value is -0.330. The summed E-state index contributed by atoms with van der Waals surface area (Å²) in [6.07, 6.45) is 19.0. The van der Waals surface area contributed by atoms with Crippen molar-refractivity contribution in [1.29, 1.82) is 0 Å². The highest BCUT2D eigenvalue weighted by Gasteiger charge is 2.33. The van der Waals surface area contributed by atoms with Gasteiger partial charge in [-0.2, -0.15) is 0 Å². The van der Waals surface area contributed by atoms with Crippen molar-refractivity contribution in [3.05, 3.63) is 0 Å². The van der Waals surface area contributed by atoms with Crippen LogP contribution in [-0.2, 0) is 4.79 Å². The van der Waals surface area contributed by atoms with Crippen molar-refractivity contribution in [2.24, 2.45) is 29.6 Å². The van der Waals surface area contributed by atoms with Crippen molar-refractivity contribution in [1.82, 2.24) is 0 Å². The second-order valence-electron chi connectivity index (χ2n) is 8.21. The number of carbonyl (C=O) groups excluding carboxylic acids is 1. The number of rotatable bonds is 8. The molecule has 0 radical (unpaired) electrons. The molecule has 1 atom stereocenters. The summed E-state index contributed by atoms with van der Waals surface area (Å²) >= 11 is 0. The maximum absolute atomic E-state index is 10.7. The fraction of sp³-hybridized carbons (Fsp3) is 0.952. The van der Waals surface area contributed by atoms with E-state index >= 15 is 0 Å². The molecule has 1 unspecified atom stereocenters. The van der Waals surface area contributed by atoms with Crippen LogP contribution in [0.4, 0.5) is 0 Å². The van der Waals surface area contributed by atoms with E-state index in [1.807, 2.05) is 0 Å². The summed E-state index contributed by atoms with van der Waals surface area (Å²) in [5, 5.41) is 0. The summed E-state index contributed by atoms with van der Waals surface area (Å²) < 4.78 is 0. The van der Waals surface area contributed by atoms with Gasteiger partial charge in [-0.25, -0.2) is 0 Å². The van der Waals surface area contributed by atoms with Crippen LogP contribution in [0.25, 0.3) is 0 Å². The van der Waals surface area contributed by atoms with Gasteiger partial charge in [0.2, 0.25) is 0 Å². The molecular weight excluding hydrogens is 268 g/mol. The van der Waals surface area contributed by atoms with E-state index in [1.54, 1.807) is 0 Å². The molecule has 0 aromatic heterocycles. The fourth-order valence-electron chi connectivity index (χ4n) is 5.49. The highest BCUT2D eigenvalue weighted by molar-refractivity contribution is 5.49. The summed E-state index contributed by atoms with van der Waals surface area (Å²) in [7, 11) is 0. The van der Waals surface area contributed by atoms with Crippen LogP contribution in [0.1, 0.15) is 97.3 Å². The zero-order valence-electron chi connectivity index (χ0n) is 15.1. The van der Waals surface area contributed by atoms with E-state index in [9.17, 15) is 4.79 Å². The van der Waals surface area contributed by atoms with Crippen LogP contribution in [0.2, 0.25) is 0 Å². The Morgan fingerprint density at radius 3 is 1.82 bits per heavy atom. The van der Waals surface area contributed by atoms with E-state index in [0.717, 1.165) is 36.4 Å². The highest BCUT2D eigenvalue weighted by Crippen LogP contribution is 2.45. The van der Waals surface area contributed by atoms with E-state index < -0.39 is 0 Å². The van der Waals surface area contributed by atoms with Crippen molar-refractivity contribution in [2.45, 2.75) is 97.3 Å². The standard InChI is InChI=1S/C21H38O/c1-3-5-17-7-11-19(12-8-17)21(6-4-2)20-13-9-18(10-14-20)15-16-22/h16-21H,3-15H2,1-2H3. The van der Waals surface area contributed by atoms with Gasteiger partial charge in [-0.1, -0.05) is 52.4 Å². The van der Waals surface area contributed by atoms with Crippen LogP contribution < -0.4 is 0 Å². The molecule has 22 heavy (non-hydrogen) atoms. The third-order valence-corrected chi connectivity index (χ3v) is 6.74. The monoisotopic (exact) mass is 306 g/mol. The number of aldehydes is 1. The molecule has 0 spiro atoms. The molecule has 2 rings (SSSR count). The van der Waals surface area contributed by atoms with Gasteiger partial charge < -0.3 is 4.79 Å². The summed E-state index contributed by atoms with van der Waals surface area (Å²) in [5.74, 6) is 4.71. The van der Waals surface area contributed by atoms with Gasteiger partial charge in [0.1, 0.15) is 6.29 Å². The lowest BCUT2D eigenvalue weighted by molar-refractivity contribution is -0.108. The Labute approximate surface area is 138 Å². The third-order valence-electron chi connectivity index (χ3n) is 6.74. The molecule has 0 amide bonds. The Bertz CT molecular complexity index is 295. The molecule has 2 saturated carbocycles. The van der Waals surface area contributed by atoms with Gasteiger partial charge >= 0.3 is 0 Å². The number of hydrogen-bond donors (Lipinski definition) is 0. The molecule has 2 fully saturated rings. The highest BCUT2D eigenvalue weighted by atomic mass is 16.1. The van der Waals surface area contributed by atoms with Gasteiger partial charge in [0.05, 0.1) is 0 Å². The van der Waals surface area contributed by atoms with Crippen LogP contribution in [0, 0.1) is 29.6 Å². The van der Waals surface area contributed by atoms with Crippen LogP contribution in [0.3, 0.4) is 0 Å². The Kier molecular flexibility index (Phi) is 7.97. The maximum Gasteiger partial charge on any atom is 0.120 e. The molecule has 2 aliphatic rings. The van der Waals surface area contributed by atoms with E-state index in [2.05, 4.69) is 13.8 Å². The first-order valence-electron chi connectivity index (χ1n) is 10.2. The quantitative estimate of drug-likeness (QED) is 0.474. The molecule has 1 heteroatoms. The molecule has 2 aliphatic carbocycles. The fourth-order valence-corrected chi connectivity index (χ4v) is 5.49. The SMILES string of the molecule is CCCC1CCC(C(CCC)C2CCC(CC=O)CC2)CC1. The molecule has 0 heterocycles. The zero-order valence-corrected chi connectivity index (χ0v) is 15.1. The van der Waals surface area contributed by atoms with E-state index in [0.29, 0.717) is 5.92 Å². The van der Waals surface area contributed by atoms with E-state index in [1.165, 1.54) is 77.0 Å². The topological polar surface area (TPSA) is 17.1 Å². The number of hydrogen-bond acceptors (Lipinski definition) is 1. The summed E-state index contributed by atoms with van der Waals surface area (Å²) in [5.41, 5.74) is 0. The molecule has 0 N–H and O–H groups in total. The molecule has 0 bridgehead atoms. The minimum atomic E-state index is 0.705. The maximum atomic E-state index is 10.7. The minimum Gasteiger partial charge on any atom is -0.303 e. The van der Waals surface area contributed by atoms with Crippen LogP contribution >= 0.6 is 0 Å². The summed E-state index contributed by atoms with van der Waals surface area (Å²) in [6, 6.07) is 0. The predicted molar refractivity (Wildman–Crippen MR) is 94.9 cm³/mol. The zero-order chi connectivity index (χ0) is 15.8. The summed E-state index contributed by atoms with van der Waals surface area (Å²) in [6.45, 7) is 4.71. The van der Waals surface area contributed by atoms with Crippen molar-refractivity contribution in [3.63, 3.8) is 0 Å². The third kappa shape index (κ3) is 5.10. The molecule has 1 nitrogen and oxygen atoms in total. The molecule has 0 aromatic carbocycles. The Morgan fingerprint density at radius 2 is 1.36 bits per heavy atom. The molecule has 0 aliphatic heterocycles. The normalized spacial score (nSPS) is 34.3. The van der Waals surface area contributed by atoms with Crippen molar-refractivity contribution < 1.29 is 4.79 Å². The Balaban J connectivity index is 1.84. The van der Waals surface area contributed by atoms with Gasteiger partial charge in [0, 0.05) is 6.42 Å². The lowest BCUT2D eigenvalue weighted by Crippen LogP contribution is -2.30. The predicted octanol–water partition coefficient (Wildman–Crippen LogP) is 6.40. The molecule has 0 aromatic rings. The van der Waals surface area contributed by atoms with E-state index in [4.69, 9.17) is 0 Å². The lowest BCUT2D eigenvalue weighted by Gasteiger charge is -2.41. The van der Waals surface area contributed by atoms with Gasteiger partial charge in [-0.3, -0.25) is 0 Å². The van der Waals surface area contributed by atoms with Crippen molar-refractivity contribution >= 4 is 6.29 Å². The van der Waals surface area contributed by atoms with Crippen molar-refractivity contribution in [2.75, 3.05) is 0 Å². The van der Waals surface area contributed by atoms with Gasteiger partial charge in [0.15, 0.2) is 0 Å². The van der Waals surface area contributed by atoms with Gasteiger partial charge in [-0.15, -0.1) is 0 Å². The smallest absolute Gasteiger partial charge is 0.120 e. The van der Waals surface area contributed by atoms with E-state index in [-0.39, 0.29) is 0 Å². The largest absolute Gasteiger partial charge is 0.303 e. The first-order chi connectivity index (χ1) is 10.8. The lowest BCUT2D eigenvalue weighted by atomic mass is 9.65. The first-order valence-corrected chi connectivity index (χ1v) is 10.2. The first kappa shape index (κ1) is 18.0. The Morgan fingerprint density at radius 1 is 0.818 bits per heavy atom. The average molecular weight is 307 g/mol. The number of carbonyl (C=O) groups is 1. The van der Waals surface area contributed by atoms with Crippen LogP contribution in [0.15, 0.2) is 0 Å². The van der Waals surface area contributed by atoms with Gasteiger partial charge in [0.25, 0.3) is 0 Å². The second kappa shape index (κ2) is 9.73. The summed E-state index contributed by atoms with van der Waals surface area (Å²) in [4.78, 5) is 10.7. The molecule has 128 valence electrons. The average Bonchev–Trinajstić information content (AvgIpc) is 2.55. The molecule has 0 saturated heterocycles. The van der Waals surface area contributed by atoms with Crippen LogP contribution in [0.5, 0.6) is 0 Å².